The van der Waals surface area contributed by atoms with Gasteiger partial charge in [0.15, 0.2) is 17.4 Å². The van der Waals surface area contributed by atoms with E-state index < -0.39 is 29.1 Å². The van der Waals surface area contributed by atoms with E-state index in [0.29, 0.717) is 0 Å². The number of rotatable bonds is 7. The van der Waals surface area contributed by atoms with Gasteiger partial charge in [-0.25, -0.2) is 13.6 Å². The van der Waals surface area contributed by atoms with Gasteiger partial charge in [-0.1, -0.05) is 30.3 Å². The molecule has 24 heavy (non-hydrogen) atoms. The Morgan fingerprint density at radius 2 is 1.79 bits per heavy atom. The number of hydrogen-bond donors (Lipinski definition) is 1. The van der Waals surface area contributed by atoms with Crippen LogP contribution in [0.25, 0.3) is 6.08 Å². The standard InChI is InChI=1S/C18H16F2O4/c1-2-23-16(18(21)22)10-13-8-14(19)17(15(20)9-13)24-11-12-6-4-3-5-7-12/h3-10H,2,11H2,1H3,(H,21,22). The molecule has 2 aromatic carbocycles. The van der Waals surface area contributed by atoms with Gasteiger partial charge in [0.1, 0.15) is 6.61 Å². The summed E-state index contributed by atoms with van der Waals surface area (Å²) in [4.78, 5) is 11.0. The lowest BCUT2D eigenvalue weighted by molar-refractivity contribution is -0.136. The number of hydrogen-bond acceptors (Lipinski definition) is 3. The van der Waals surface area contributed by atoms with Crippen LogP contribution >= 0.6 is 0 Å². The van der Waals surface area contributed by atoms with Gasteiger partial charge in [0.2, 0.25) is 5.76 Å². The van der Waals surface area contributed by atoms with E-state index in [-0.39, 0.29) is 18.8 Å². The van der Waals surface area contributed by atoms with Crippen molar-refractivity contribution >= 4 is 12.0 Å². The molecule has 0 bridgehead atoms. The fourth-order valence-corrected chi connectivity index (χ4v) is 2.00. The predicted molar refractivity (Wildman–Crippen MR) is 84.4 cm³/mol. The molecule has 126 valence electrons. The monoisotopic (exact) mass is 334 g/mol. The van der Waals surface area contributed by atoms with E-state index in [1.165, 1.54) is 0 Å². The minimum Gasteiger partial charge on any atom is -0.487 e. The van der Waals surface area contributed by atoms with Crippen LogP contribution in [0.15, 0.2) is 48.2 Å². The highest BCUT2D eigenvalue weighted by Gasteiger charge is 2.14. The third-order valence-electron chi connectivity index (χ3n) is 3.05. The number of benzene rings is 2. The Morgan fingerprint density at radius 3 is 2.33 bits per heavy atom. The molecule has 0 aliphatic heterocycles. The SMILES string of the molecule is CCOC(=Cc1cc(F)c(OCc2ccccc2)c(F)c1)C(=O)O. The number of carboxylic acids is 1. The minimum atomic E-state index is -1.32. The number of ether oxygens (including phenoxy) is 2. The van der Waals surface area contributed by atoms with Gasteiger partial charge in [-0.15, -0.1) is 0 Å². The molecule has 0 radical (unpaired) electrons. The first-order valence-electron chi connectivity index (χ1n) is 7.24. The van der Waals surface area contributed by atoms with Crippen molar-refractivity contribution in [2.75, 3.05) is 6.61 Å². The van der Waals surface area contributed by atoms with E-state index >= 15 is 0 Å². The van der Waals surface area contributed by atoms with E-state index in [9.17, 15) is 13.6 Å². The van der Waals surface area contributed by atoms with Crippen LogP contribution in [-0.4, -0.2) is 17.7 Å². The zero-order valence-electron chi connectivity index (χ0n) is 13.0. The Morgan fingerprint density at radius 1 is 1.17 bits per heavy atom. The molecule has 0 saturated heterocycles. The molecule has 6 heteroatoms. The molecule has 1 N–H and O–H groups in total. The summed E-state index contributed by atoms with van der Waals surface area (Å²) < 4.78 is 38.2. The zero-order valence-corrected chi connectivity index (χ0v) is 13.0. The van der Waals surface area contributed by atoms with Gasteiger partial charge in [-0.05, 0) is 36.3 Å². The summed E-state index contributed by atoms with van der Waals surface area (Å²) in [5.41, 5.74) is 0.799. The summed E-state index contributed by atoms with van der Waals surface area (Å²) in [5, 5.41) is 8.96. The summed E-state index contributed by atoms with van der Waals surface area (Å²) in [6.07, 6.45) is 1.05. The molecule has 0 fully saturated rings. The van der Waals surface area contributed by atoms with Crippen LogP contribution in [0.2, 0.25) is 0 Å². The quantitative estimate of drug-likeness (QED) is 0.614. The van der Waals surface area contributed by atoms with E-state index in [4.69, 9.17) is 14.6 Å². The van der Waals surface area contributed by atoms with Crippen molar-refractivity contribution in [3.05, 3.63) is 71.0 Å². The fraction of sp³-hybridized carbons (Fsp3) is 0.167. The maximum atomic E-state index is 14.1. The largest absolute Gasteiger partial charge is 0.487 e. The highest BCUT2D eigenvalue weighted by atomic mass is 19.1. The first-order chi connectivity index (χ1) is 11.5. The van der Waals surface area contributed by atoms with Crippen molar-refractivity contribution in [2.45, 2.75) is 13.5 Å². The highest BCUT2D eigenvalue weighted by molar-refractivity contribution is 5.89. The van der Waals surface area contributed by atoms with Crippen LogP contribution in [0.3, 0.4) is 0 Å². The van der Waals surface area contributed by atoms with E-state index in [1.54, 1.807) is 31.2 Å². The third-order valence-corrected chi connectivity index (χ3v) is 3.05. The predicted octanol–water partition coefficient (Wildman–Crippen LogP) is 4.01. The molecule has 0 unspecified atom stereocenters. The van der Waals surface area contributed by atoms with E-state index in [0.717, 1.165) is 23.8 Å². The van der Waals surface area contributed by atoms with Crippen LogP contribution in [-0.2, 0) is 16.1 Å². The lowest BCUT2D eigenvalue weighted by Crippen LogP contribution is -2.05. The topological polar surface area (TPSA) is 55.8 Å². The van der Waals surface area contributed by atoms with Gasteiger partial charge in [0.25, 0.3) is 0 Å². The number of carboxylic acid groups (broad SMARTS) is 1. The Balaban J connectivity index is 2.21. The molecule has 0 saturated carbocycles. The molecular weight excluding hydrogens is 318 g/mol. The van der Waals surface area contributed by atoms with Crippen molar-refractivity contribution in [1.82, 2.24) is 0 Å². The van der Waals surface area contributed by atoms with Crippen molar-refractivity contribution in [1.29, 1.82) is 0 Å². The van der Waals surface area contributed by atoms with Gasteiger partial charge in [-0.3, -0.25) is 0 Å². The van der Waals surface area contributed by atoms with Gasteiger partial charge >= 0.3 is 5.97 Å². The second kappa shape index (κ2) is 8.10. The van der Waals surface area contributed by atoms with E-state index in [2.05, 4.69) is 0 Å². The highest BCUT2D eigenvalue weighted by Crippen LogP contribution is 2.25. The minimum absolute atomic E-state index is 0.0171. The summed E-state index contributed by atoms with van der Waals surface area (Å²) in [5.74, 6) is -4.06. The normalized spacial score (nSPS) is 11.2. The Hall–Kier alpha value is -2.89. The summed E-state index contributed by atoms with van der Waals surface area (Å²) in [7, 11) is 0. The van der Waals surface area contributed by atoms with Gasteiger partial charge < -0.3 is 14.6 Å². The van der Waals surface area contributed by atoms with Gasteiger partial charge in [0, 0.05) is 0 Å². The third kappa shape index (κ3) is 4.55. The molecule has 0 heterocycles. The maximum Gasteiger partial charge on any atom is 0.371 e. The summed E-state index contributed by atoms with van der Waals surface area (Å²) in [6, 6.07) is 10.9. The van der Waals surface area contributed by atoms with Crippen molar-refractivity contribution in [3.8, 4) is 5.75 Å². The van der Waals surface area contributed by atoms with Crippen molar-refractivity contribution < 1.29 is 28.2 Å². The smallest absolute Gasteiger partial charge is 0.371 e. The first-order valence-corrected chi connectivity index (χ1v) is 7.24. The molecule has 0 atom stereocenters. The second-order valence-electron chi connectivity index (χ2n) is 4.83. The second-order valence-corrected chi connectivity index (χ2v) is 4.83. The molecule has 0 aromatic heterocycles. The van der Waals surface area contributed by atoms with Crippen molar-refractivity contribution in [3.63, 3.8) is 0 Å². The molecule has 0 aliphatic rings. The van der Waals surface area contributed by atoms with Crippen LogP contribution < -0.4 is 4.74 Å². The Bertz CT molecular complexity index is 719. The maximum absolute atomic E-state index is 14.1. The molecule has 2 aromatic rings. The average molecular weight is 334 g/mol. The summed E-state index contributed by atoms with van der Waals surface area (Å²) >= 11 is 0. The molecule has 2 rings (SSSR count). The van der Waals surface area contributed by atoms with Crippen LogP contribution in [0, 0.1) is 11.6 Å². The van der Waals surface area contributed by atoms with Crippen LogP contribution in [0.4, 0.5) is 8.78 Å². The summed E-state index contributed by atoms with van der Waals surface area (Å²) in [6.45, 7) is 1.75. The zero-order chi connectivity index (χ0) is 17.5. The fourth-order valence-electron chi connectivity index (χ4n) is 2.00. The average Bonchev–Trinajstić information content (AvgIpc) is 2.54. The molecule has 0 amide bonds. The van der Waals surface area contributed by atoms with E-state index in [1.807, 2.05) is 6.07 Å². The number of halogens is 2. The molecule has 0 aliphatic carbocycles. The molecule has 0 spiro atoms. The first kappa shape index (κ1) is 17.5. The Kier molecular flexibility index (Phi) is 5.89. The van der Waals surface area contributed by atoms with Crippen LogP contribution in [0.5, 0.6) is 5.75 Å². The Labute approximate surface area is 138 Å². The lowest BCUT2D eigenvalue weighted by Gasteiger charge is -2.10. The number of aliphatic carboxylic acids is 1. The van der Waals surface area contributed by atoms with Crippen molar-refractivity contribution in [2.24, 2.45) is 0 Å². The van der Waals surface area contributed by atoms with Gasteiger partial charge in [0.05, 0.1) is 6.61 Å². The molecule has 4 nitrogen and oxygen atoms in total. The van der Waals surface area contributed by atoms with Crippen LogP contribution in [0.1, 0.15) is 18.1 Å². The van der Waals surface area contributed by atoms with Gasteiger partial charge in [-0.2, -0.15) is 0 Å². The lowest BCUT2D eigenvalue weighted by atomic mass is 10.1. The number of carbonyl (C=O) groups is 1. The molecular formula is C18H16F2O4.